The summed E-state index contributed by atoms with van der Waals surface area (Å²) in [6, 6.07) is 0.552. The Morgan fingerprint density at radius 3 is 2.70 bits per heavy atom. The van der Waals surface area contributed by atoms with Crippen LogP contribution in [0.4, 0.5) is 0 Å². The van der Waals surface area contributed by atoms with Gasteiger partial charge in [0, 0.05) is 19.3 Å². The van der Waals surface area contributed by atoms with Gasteiger partial charge in [-0.3, -0.25) is 0 Å². The molecule has 1 aliphatic carbocycles. The summed E-state index contributed by atoms with van der Waals surface area (Å²) < 4.78 is 12.2. The van der Waals surface area contributed by atoms with Crippen LogP contribution < -0.4 is 5.32 Å². The van der Waals surface area contributed by atoms with Crippen molar-refractivity contribution < 1.29 is 9.47 Å². The van der Waals surface area contributed by atoms with E-state index >= 15 is 0 Å². The molecule has 2 saturated heterocycles. The minimum atomic E-state index is 0.254. The summed E-state index contributed by atoms with van der Waals surface area (Å²) in [7, 11) is 0. The van der Waals surface area contributed by atoms with E-state index in [2.05, 4.69) is 12.2 Å². The van der Waals surface area contributed by atoms with Crippen molar-refractivity contribution in [2.45, 2.75) is 82.5 Å². The molecule has 0 aromatic rings. The molecule has 3 heteroatoms. The van der Waals surface area contributed by atoms with E-state index in [4.69, 9.17) is 9.47 Å². The number of ether oxygens (including phenoxy) is 2. The fraction of sp³-hybridized carbons (Fsp3) is 1.00. The zero-order valence-electron chi connectivity index (χ0n) is 13.0. The van der Waals surface area contributed by atoms with E-state index in [0.29, 0.717) is 12.1 Å². The highest BCUT2D eigenvalue weighted by Gasteiger charge is 2.45. The van der Waals surface area contributed by atoms with Gasteiger partial charge in [0.25, 0.3) is 0 Å². The molecular weight excluding hydrogens is 250 g/mol. The zero-order valence-corrected chi connectivity index (χ0v) is 13.0. The van der Waals surface area contributed by atoms with E-state index < -0.39 is 0 Å². The molecule has 3 atom stereocenters. The second kappa shape index (κ2) is 6.76. The largest absolute Gasteiger partial charge is 0.377 e. The zero-order chi connectivity index (χ0) is 13.8. The molecule has 0 amide bonds. The van der Waals surface area contributed by atoms with Crippen molar-refractivity contribution in [2.75, 3.05) is 19.8 Å². The average Bonchev–Trinajstić information content (AvgIpc) is 2.47. The van der Waals surface area contributed by atoms with Crippen LogP contribution in [0.3, 0.4) is 0 Å². The summed E-state index contributed by atoms with van der Waals surface area (Å²) in [5.74, 6) is 0.749. The molecule has 0 aromatic heterocycles. The SMILES string of the molecule is CCCNC(C1CCOC2(CCC2)C1)C1CCCCO1. The highest BCUT2D eigenvalue weighted by atomic mass is 16.5. The molecule has 1 saturated carbocycles. The third-order valence-corrected chi connectivity index (χ3v) is 5.55. The Labute approximate surface area is 123 Å². The Bertz CT molecular complexity index is 297. The molecule has 3 rings (SSSR count). The monoisotopic (exact) mass is 281 g/mol. The molecule has 0 radical (unpaired) electrons. The summed E-state index contributed by atoms with van der Waals surface area (Å²) in [5, 5.41) is 3.81. The Morgan fingerprint density at radius 2 is 2.05 bits per heavy atom. The Kier molecular flexibility index (Phi) is 5.00. The van der Waals surface area contributed by atoms with Gasteiger partial charge in [0.15, 0.2) is 0 Å². The molecule has 116 valence electrons. The maximum absolute atomic E-state index is 6.11. The quantitative estimate of drug-likeness (QED) is 0.839. The summed E-state index contributed by atoms with van der Waals surface area (Å²) in [6.07, 6.45) is 11.9. The van der Waals surface area contributed by atoms with Gasteiger partial charge in [-0.15, -0.1) is 0 Å². The van der Waals surface area contributed by atoms with Crippen LogP contribution in [0, 0.1) is 5.92 Å². The van der Waals surface area contributed by atoms with Gasteiger partial charge < -0.3 is 14.8 Å². The van der Waals surface area contributed by atoms with Crippen LogP contribution >= 0.6 is 0 Å². The average molecular weight is 281 g/mol. The molecule has 1 spiro atoms. The maximum atomic E-state index is 6.11. The predicted molar refractivity (Wildman–Crippen MR) is 80.9 cm³/mol. The number of nitrogens with one attached hydrogen (secondary N) is 1. The second-order valence-corrected chi connectivity index (χ2v) is 7.02. The third-order valence-electron chi connectivity index (χ3n) is 5.55. The topological polar surface area (TPSA) is 30.5 Å². The van der Waals surface area contributed by atoms with E-state index in [0.717, 1.165) is 25.7 Å². The molecule has 1 N–H and O–H groups in total. The van der Waals surface area contributed by atoms with Gasteiger partial charge in [0.1, 0.15) is 0 Å². The third kappa shape index (κ3) is 3.20. The summed E-state index contributed by atoms with van der Waals surface area (Å²) in [5.41, 5.74) is 0.254. The van der Waals surface area contributed by atoms with Crippen LogP contribution in [0.2, 0.25) is 0 Å². The van der Waals surface area contributed by atoms with Crippen LogP contribution in [0.1, 0.15) is 64.7 Å². The molecule has 3 unspecified atom stereocenters. The van der Waals surface area contributed by atoms with Gasteiger partial charge in [-0.05, 0) is 70.3 Å². The smallest absolute Gasteiger partial charge is 0.0730 e. The molecule has 20 heavy (non-hydrogen) atoms. The molecule has 3 nitrogen and oxygen atoms in total. The van der Waals surface area contributed by atoms with Crippen LogP contribution in [-0.2, 0) is 9.47 Å². The van der Waals surface area contributed by atoms with Gasteiger partial charge >= 0.3 is 0 Å². The molecule has 0 bridgehead atoms. The predicted octanol–water partition coefficient (Wildman–Crippen LogP) is 3.27. The highest BCUT2D eigenvalue weighted by molar-refractivity contribution is 4.98. The van der Waals surface area contributed by atoms with E-state index in [-0.39, 0.29) is 5.60 Å². The first kappa shape index (κ1) is 14.8. The summed E-state index contributed by atoms with van der Waals surface area (Å²) in [6.45, 7) is 5.29. The van der Waals surface area contributed by atoms with Gasteiger partial charge in [0.05, 0.1) is 11.7 Å². The van der Waals surface area contributed by atoms with E-state index in [9.17, 15) is 0 Å². The number of rotatable bonds is 5. The van der Waals surface area contributed by atoms with E-state index in [1.54, 1.807) is 0 Å². The summed E-state index contributed by atoms with van der Waals surface area (Å²) >= 11 is 0. The molecule has 2 aliphatic heterocycles. The van der Waals surface area contributed by atoms with Gasteiger partial charge in [-0.25, -0.2) is 0 Å². The lowest BCUT2D eigenvalue weighted by molar-refractivity contribution is -0.154. The highest BCUT2D eigenvalue weighted by Crippen LogP contribution is 2.45. The Hall–Kier alpha value is -0.120. The normalized spacial score (nSPS) is 34.6. The van der Waals surface area contributed by atoms with Gasteiger partial charge in [-0.2, -0.15) is 0 Å². The lowest BCUT2D eigenvalue weighted by Gasteiger charge is -2.50. The van der Waals surface area contributed by atoms with Crippen molar-refractivity contribution in [3.05, 3.63) is 0 Å². The molecule has 3 fully saturated rings. The molecule has 2 heterocycles. The minimum absolute atomic E-state index is 0.254. The maximum Gasteiger partial charge on any atom is 0.0730 e. The minimum Gasteiger partial charge on any atom is -0.377 e. The van der Waals surface area contributed by atoms with E-state index in [1.165, 1.54) is 57.8 Å². The number of hydrogen-bond acceptors (Lipinski definition) is 3. The van der Waals surface area contributed by atoms with Crippen molar-refractivity contribution in [1.82, 2.24) is 5.32 Å². The van der Waals surface area contributed by atoms with Crippen LogP contribution in [-0.4, -0.2) is 37.5 Å². The first-order valence-electron chi connectivity index (χ1n) is 8.82. The second-order valence-electron chi connectivity index (χ2n) is 7.02. The van der Waals surface area contributed by atoms with Gasteiger partial charge in [-0.1, -0.05) is 6.92 Å². The van der Waals surface area contributed by atoms with Crippen molar-refractivity contribution in [2.24, 2.45) is 5.92 Å². The first-order chi connectivity index (χ1) is 9.83. The molecule has 3 aliphatic rings. The standard InChI is InChI=1S/C17H31NO2/c1-2-10-18-16(15-6-3-4-11-19-15)14-7-12-20-17(13-14)8-5-9-17/h14-16,18H,2-13H2,1H3. The van der Waals surface area contributed by atoms with Crippen molar-refractivity contribution in [3.63, 3.8) is 0 Å². The first-order valence-corrected chi connectivity index (χ1v) is 8.82. The Morgan fingerprint density at radius 1 is 1.15 bits per heavy atom. The summed E-state index contributed by atoms with van der Waals surface area (Å²) in [4.78, 5) is 0. The molecule has 0 aromatic carbocycles. The van der Waals surface area contributed by atoms with Gasteiger partial charge in [0.2, 0.25) is 0 Å². The van der Waals surface area contributed by atoms with Crippen LogP contribution in [0.15, 0.2) is 0 Å². The number of hydrogen-bond donors (Lipinski definition) is 1. The van der Waals surface area contributed by atoms with Crippen LogP contribution in [0.5, 0.6) is 0 Å². The fourth-order valence-corrected chi connectivity index (χ4v) is 4.25. The Balaban J connectivity index is 1.63. The van der Waals surface area contributed by atoms with Crippen molar-refractivity contribution in [1.29, 1.82) is 0 Å². The molecular formula is C17H31NO2. The lowest BCUT2D eigenvalue weighted by Crippen LogP contribution is -2.54. The van der Waals surface area contributed by atoms with Crippen molar-refractivity contribution >= 4 is 0 Å². The fourth-order valence-electron chi connectivity index (χ4n) is 4.25. The lowest BCUT2D eigenvalue weighted by atomic mass is 9.69. The van der Waals surface area contributed by atoms with Crippen molar-refractivity contribution in [3.8, 4) is 0 Å². The van der Waals surface area contributed by atoms with Crippen LogP contribution in [0.25, 0.3) is 0 Å². The van der Waals surface area contributed by atoms with E-state index in [1.807, 2.05) is 0 Å².